The molecule has 16 heavy (non-hydrogen) atoms. The van der Waals surface area contributed by atoms with E-state index < -0.39 is 0 Å². The van der Waals surface area contributed by atoms with Crippen LogP contribution in [0.15, 0.2) is 0 Å². The first-order valence-electron chi connectivity index (χ1n) is 6.76. The lowest BCUT2D eigenvalue weighted by atomic mass is 10.0. The molecule has 3 heteroatoms. The summed E-state index contributed by atoms with van der Waals surface area (Å²) in [5, 5.41) is 3.47. The Morgan fingerprint density at radius 3 is 2.88 bits per heavy atom. The SMILES string of the molecule is CNC1CCCC1CN1CCCC(OC)C1. The predicted molar refractivity (Wildman–Crippen MR) is 66.7 cm³/mol. The van der Waals surface area contributed by atoms with Crippen molar-refractivity contribution in [3.8, 4) is 0 Å². The molecule has 1 aliphatic carbocycles. The van der Waals surface area contributed by atoms with Gasteiger partial charge < -0.3 is 15.0 Å². The van der Waals surface area contributed by atoms with Crippen molar-refractivity contribution in [1.29, 1.82) is 0 Å². The summed E-state index contributed by atoms with van der Waals surface area (Å²) in [6, 6.07) is 0.753. The van der Waals surface area contributed by atoms with Gasteiger partial charge in [0.05, 0.1) is 6.10 Å². The standard InChI is InChI=1S/C13H26N2O/c1-14-13-7-3-5-11(13)9-15-8-4-6-12(10-15)16-2/h11-14H,3-10H2,1-2H3. The lowest BCUT2D eigenvalue weighted by molar-refractivity contribution is 0.0249. The van der Waals surface area contributed by atoms with Gasteiger partial charge in [-0.2, -0.15) is 0 Å². The third-order valence-electron chi connectivity index (χ3n) is 4.32. The molecule has 1 aliphatic heterocycles. The molecule has 0 bridgehead atoms. The minimum atomic E-state index is 0.475. The van der Waals surface area contributed by atoms with Gasteiger partial charge in [0.2, 0.25) is 0 Å². The summed E-state index contributed by atoms with van der Waals surface area (Å²) in [5.41, 5.74) is 0. The van der Waals surface area contributed by atoms with Gasteiger partial charge in [-0.05, 0) is 45.2 Å². The normalized spacial score (nSPS) is 36.8. The van der Waals surface area contributed by atoms with Crippen LogP contribution < -0.4 is 5.32 Å². The largest absolute Gasteiger partial charge is 0.380 e. The van der Waals surface area contributed by atoms with Crippen molar-refractivity contribution >= 4 is 0 Å². The van der Waals surface area contributed by atoms with Gasteiger partial charge >= 0.3 is 0 Å². The van der Waals surface area contributed by atoms with Crippen LogP contribution in [0.2, 0.25) is 0 Å². The Kier molecular flexibility index (Phi) is 4.62. The lowest BCUT2D eigenvalue weighted by Crippen LogP contribution is -2.44. The minimum absolute atomic E-state index is 0.475. The molecule has 3 atom stereocenters. The van der Waals surface area contributed by atoms with E-state index in [2.05, 4.69) is 17.3 Å². The van der Waals surface area contributed by atoms with Crippen LogP contribution in [-0.2, 0) is 4.74 Å². The van der Waals surface area contributed by atoms with E-state index in [0.29, 0.717) is 6.10 Å². The predicted octanol–water partition coefficient (Wildman–Crippen LogP) is 1.49. The van der Waals surface area contributed by atoms with E-state index >= 15 is 0 Å². The van der Waals surface area contributed by atoms with E-state index in [1.165, 1.54) is 45.2 Å². The molecule has 2 fully saturated rings. The Bertz CT molecular complexity index is 210. The van der Waals surface area contributed by atoms with Crippen LogP contribution in [0.3, 0.4) is 0 Å². The Morgan fingerprint density at radius 2 is 2.12 bits per heavy atom. The zero-order chi connectivity index (χ0) is 11.4. The number of likely N-dealkylation sites (tertiary alicyclic amines) is 1. The summed E-state index contributed by atoms with van der Waals surface area (Å²) in [6.07, 6.45) is 7.19. The van der Waals surface area contributed by atoms with Crippen LogP contribution in [-0.4, -0.2) is 50.8 Å². The molecule has 3 unspecified atom stereocenters. The van der Waals surface area contributed by atoms with Crippen LogP contribution in [0.1, 0.15) is 32.1 Å². The summed E-state index contributed by atoms with van der Waals surface area (Å²) < 4.78 is 5.48. The number of nitrogens with zero attached hydrogens (tertiary/aromatic N) is 1. The second-order valence-corrected chi connectivity index (χ2v) is 5.35. The number of piperidine rings is 1. The highest BCUT2D eigenvalue weighted by Crippen LogP contribution is 2.27. The van der Waals surface area contributed by atoms with Crippen LogP contribution in [0.5, 0.6) is 0 Å². The molecule has 2 rings (SSSR count). The maximum atomic E-state index is 5.48. The van der Waals surface area contributed by atoms with Crippen molar-refractivity contribution in [1.82, 2.24) is 10.2 Å². The van der Waals surface area contributed by atoms with Gasteiger partial charge in [-0.1, -0.05) is 6.42 Å². The first-order valence-corrected chi connectivity index (χ1v) is 6.76. The quantitative estimate of drug-likeness (QED) is 0.786. The lowest BCUT2D eigenvalue weighted by Gasteiger charge is -2.34. The average Bonchev–Trinajstić information content (AvgIpc) is 2.76. The molecule has 1 N–H and O–H groups in total. The zero-order valence-corrected chi connectivity index (χ0v) is 10.7. The Hall–Kier alpha value is -0.120. The molecule has 0 aromatic rings. The molecule has 0 aromatic heterocycles. The van der Waals surface area contributed by atoms with Crippen molar-refractivity contribution in [2.24, 2.45) is 5.92 Å². The molecule has 0 radical (unpaired) electrons. The number of rotatable bonds is 4. The monoisotopic (exact) mass is 226 g/mol. The number of nitrogens with one attached hydrogen (secondary N) is 1. The molecular weight excluding hydrogens is 200 g/mol. The van der Waals surface area contributed by atoms with E-state index in [4.69, 9.17) is 4.74 Å². The molecule has 1 heterocycles. The molecule has 1 saturated carbocycles. The van der Waals surface area contributed by atoms with Crippen molar-refractivity contribution in [3.05, 3.63) is 0 Å². The van der Waals surface area contributed by atoms with E-state index in [1.807, 2.05) is 7.11 Å². The number of hydrogen-bond acceptors (Lipinski definition) is 3. The Balaban J connectivity index is 1.79. The van der Waals surface area contributed by atoms with E-state index in [9.17, 15) is 0 Å². The fraction of sp³-hybridized carbons (Fsp3) is 1.00. The van der Waals surface area contributed by atoms with Gasteiger partial charge in [0.15, 0.2) is 0 Å². The van der Waals surface area contributed by atoms with Crippen molar-refractivity contribution in [2.75, 3.05) is 33.8 Å². The highest BCUT2D eigenvalue weighted by molar-refractivity contribution is 4.85. The van der Waals surface area contributed by atoms with E-state index in [1.54, 1.807) is 0 Å². The molecular formula is C13H26N2O. The van der Waals surface area contributed by atoms with Gasteiger partial charge in [0.1, 0.15) is 0 Å². The second kappa shape index (κ2) is 5.99. The average molecular weight is 226 g/mol. The Morgan fingerprint density at radius 1 is 1.25 bits per heavy atom. The van der Waals surface area contributed by atoms with Crippen molar-refractivity contribution < 1.29 is 4.74 Å². The molecule has 0 amide bonds. The summed E-state index contributed by atoms with van der Waals surface area (Å²) in [6.45, 7) is 3.68. The third kappa shape index (κ3) is 2.96. The highest BCUT2D eigenvalue weighted by Gasteiger charge is 2.29. The first-order chi connectivity index (χ1) is 7.83. The molecule has 1 saturated heterocycles. The summed E-state index contributed by atoms with van der Waals surface area (Å²) in [5.74, 6) is 0.862. The molecule has 2 aliphatic rings. The summed E-state index contributed by atoms with van der Waals surface area (Å²) >= 11 is 0. The third-order valence-corrected chi connectivity index (χ3v) is 4.32. The van der Waals surface area contributed by atoms with Crippen molar-refractivity contribution in [2.45, 2.75) is 44.2 Å². The minimum Gasteiger partial charge on any atom is -0.380 e. The molecule has 94 valence electrons. The smallest absolute Gasteiger partial charge is 0.0698 e. The van der Waals surface area contributed by atoms with E-state index in [0.717, 1.165) is 18.5 Å². The zero-order valence-electron chi connectivity index (χ0n) is 10.7. The van der Waals surface area contributed by atoms with Crippen LogP contribution in [0.4, 0.5) is 0 Å². The van der Waals surface area contributed by atoms with Crippen molar-refractivity contribution in [3.63, 3.8) is 0 Å². The number of hydrogen-bond donors (Lipinski definition) is 1. The maximum Gasteiger partial charge on any atom is 0.0698 e. The number of methoxy groups -OCH3 is 1. The summed E-state index contributed by atoms with van der Waals surface area (Å²) in [4.78, 5) is 2.61. The topological polar surface area (TPSA) is 24.5 Å². The van der Waals surface area contributed by atoms with Crippen LogP contribution in [0, 0.1) is 5.92 Å². The fourth-order valence-corrected chi connectivity index (χ4v) is 3.34. The summed E-state index contributed by atoms with van der Waals surface area (Å²) in [7, 11) is 3.96. The molecule has 0 spiro atoms. The second-order valence-electron chi connectivity index (χ2n) is 5.35. The van der Waals surface area contributed by atoms with Crippen LogP contribution in [0.25, 0.3) is 0 Å². The molecule has 3 nitrogen and oxygen atoms in total. The number of ether oxygens (including phenoxy) is 1. The fourth-order valence-electron chi connectivity index (χ4n) is 3.34. The van der Waals surface area contributed by atoms with Crippen LogP contribution >= 0.6 is 0 Å². The molecule has 0 aromatic carbocycles. The van der Waals surface area contributed by atoms with Gasteiger partial charge in [0.25, 0.3) is 0 Å². The van der Waals surface area contributed by atoms with E-state index in [-0.39, 0.29) is 0 Å². The van der Waals surface area contributed by atoms with Gasteiger partial charge in [0, 0.05) is 26.2 Å². The highest BCUT2D eigenvalue weighted by atomic mass is 16.5. The first kappa shape index (κ1) is 12.3. The Labute approximate surface area is 99.5 Å². The van der Waals surface area contributed by atoms with Gasteiger partial charge in [-0.3, -0.25) is 0 Å². The van der Waals surface area contributed by atoms with Gasteiger partial charge in [-0.15, -0.1) is 0 Å². The van der Waals surface area contributed by atoms with Gasteiger partial charge in [-0.25, -0.2) is 0 Å². The maximum absolute atomic E-state index is 5.48.